The van der Waals surface area contributed by atoms with Gasteiger partial charge in [0.2, 0.25) is 0 Å². The first kappa shape index (κ1) is 11.4. The Morgan fingerprint density at radius 2 is 1.71 bits per heavy atom. The zero-order valence-electron chi connectivity index (χ0n) is 10.1. The van der Waals surface area contributed by atoms with Crippen LogP contribution in [0.4, 0.5) is 0 Å². The lowest BCUT2D eigenvalue weighted by atomic mass is 10.1. The van der Waals surface area contributed by atoms with Crippen molar-refractivity contribution in [1.29, 1.82) is 0 Å². The van der Waals surface area contributed by atoms with Crippen molar-refractivity contribution in [2.24, 2.45) is 7.05 Å². The van der Waals surface area contributed by atoms with Crippen LogP contribution < -0.4 is 11.2 Å². The van der Waals surface area contributed by atoms with Crippen molar-refractivity contribution < 1.29 is 0 Å². The summed E-state index contributed by atoms with van der Waals surface area (Å²) >= 11 is 0. The summed E-state index contributed by atoms with van der Waals surface area (Å²) in [6.07, 6.45) is 1.51. The van der Waals surface area contributed by atoms with Crippen molar-refractivity contribution >= 4 is 0 Å². The molecule has 0 spiro atoms. The molecule has 0 unspecified atom stereocenters. The van der Waals surface area contributed by atoms with Crippen LogP contribution >= 0.6 is 0 Å². The van der Waals surface area contributed by atoms with E-state index in [0.717, 1.165) is 15.8 Å². The fourth-order valence-electron chi connectivity index (χ4n) is 1.64. The smallest absolute Gasteiger partial charge is 0.269 e. The SMILES string of the molecule is Cc1ccc(-n2ccc(=O)n(C)c2=O)cc1C. The molecule has 0 bridgehead atoms. The van der Waals surface area contributed by atoms with Gasteiger partial charge in [-0.1, -0.05) is 6.07 Å². The summed E-state index contributed by atoms with van der Waals surface area (Å²) in [5, 5.41) is 0. The highest BCUT2D eigenvalue weighted by molar-refractivity contribution is 5.39. The standard InChI is InChI=1S/C13H14N2O2/c1-9-4-5-11(8-10(9)2)15-7-6-12(16)14(3)13(15)17/h4-8H,1-3H3. The lowest BCUT2D eigenvalue weighted by Gasteiger charge is -2.08. The molecule has 2 rings (SSSR count). The Hall–Kier alpha value is -2.10. The predicted octanol–water partition coefficient (Wildman–Crippen LogP) is 1.15. The van der Waals surface area contributed by atoms with Crippen molar-refractivity contribution in [1.82, 2.24) is 9.13 Å². The Labute approximate surface area is 98.8 Å². The van der Waals surface area contributed by atoms with Gasteiger partial charge in [0.05, 0.1) is 5.69 Å². The minimum atomic E-state index is -0.333. The largest absolute Gasteiger partial charge is 0.335 e. The fraction of sp³-hybridized carbons (Fsp3) is 0.231. The summed E-state index contributed by atoms with van der Waals surface area (Å²) in [7, 11) is 1.47. The normalized spacial score (nSPS) is 10.5. The van der Waals surface area contributed by atoms with Gasteiger partial charge in [-0.05, 0) is 37.1 Å². The molecule has 0 aliphatic rings. The Bertz CT molecular complexity index is 681. The van der Waals surface area contributed by atoms with Crippen LogP contribution in [0, 0.1) is 13.8 Å². The van der Waals surface area contributed by atoms with Crippen molar-refractivity contribution in [3.8, 4) is 5.69 Å². The molecule has 0 saturated carbocycles. The second-order valence-corrected chi connectivity index (χ2v) is 4.13. The molecule has 0 aliphatic heterocycles. The summed E-state index contributed by atoms with van der Waals surface area (Å²) in [5.74, 6) is 0. The minimum Gasteiger partial charge on any atom is -0.269 e. The van der Waals surface area contributed by atoms with Gasteiger partial charge in [0.25, 0.3) is 5.56 Å². The number of aryl methyl sites for hydroxylation is 2. The quantitative estimate of drug-likeness (QED) is 0.737. The first-order valence-electron chi connectivity index (χ1n) is 5.37. The molecule has 4 nitrogen and oxygen atoms in total. The predicted molar refractivity (Wildman–Crippen MR) is 66.8 cm³/mol. The second kappa shape index (κ2) is 4.05. The van der Waals surface area contributed by atoms with Gasteiger partial charge < -0.3 is 0 Å². The Morgan fingerprint density at radius 1 is 1.00 bits per heavy atom. The third-order valence-corrected chi connectivity index (χ3v) is 2.96. The van der Waals surface area contributed by atoms with E-state index in [-0.39, 0.29) is 11.2 Å². The second-order valence-electron chi connectivity index (χ2n) is 4.13. The van der Waals surface area contributed by atoms with Crippen LogP contribution in [0.25, 0.3) is 5.69 Å². The maximum Gasteiger partial charge on any atom is 0.335 e. The molecule has 0 N–H and O–H groups in total. The lowest BCUT2D eigenvalue weighted by Crippen LogP contribution is -2.36. The lowest BCUT2D eigenvalue weighted by molar-refractivity contribution is 0.728. The van der Waals surface area contributed by atoms with Gasteiger partial charge in [0.1, 0.15) is 0 Å². The van der Waals surface area contributed by atoms with E-state index in [9.17, 15) is 9.59 Å². The van der Waals surface area contributed by atoms with Crippen LogP contribution in [-0.4, -0.2) is 9.13 Å². The van der Waals surface area contributed by atoms with Crippen LogP contribution in [-0.2, 0) is 7.05 Å². The van der Waals surface area contributed by atoms with Gasteiger partial charge in [-0.2, -0.15) is 0 Å². The molecule has 1 aromatic heterocycles. The van der Waals surface area contributed by atoms with Crippen molar-refractivity contribution in [3.05, 3.63) is 62.4 Å². The van der Waals surface area contributed by atoms with Gasteiger partial charge in [-0.25, -0.2) is 4.79 Å². The zero-order chi connectivity index (χ0) is 12.6. The summed E-state index contributed by atoms with van der Waals surface area (Å²) in [6.45, 7) is 4.01. The maximum absolute atomic E-state index is 11.9. The van der Waals surface area contributed by atoms with Crippen LogP contribution in [0.5, 0.6) is 0 Å². The van der Waals surface area contributed by atoms with Crippen LogP contribution in [0.2, 0.25) is 0 Å². The average molecular weight is 230 g/mol. The van der Waals surface area contributed by atoms with Crippen LogP contribution in [0.3, 0.4) is 0 Å². The van der Waals surface area contributed by atoms with E-state index in [2.05, 4.69) is 0 Å². The van der Waals surface area contributed by atoms with E-state index >= 15 is 0 Å². The van der Waals surface area contributed by atoms with Crippen LogP contribution in [0.15, 0.2) is 40.1 Å². The Kier molecular flexibility index (Phi) is 2.71. The zero-order valence-corrected chi connectivity index (χ0v) is 10.1. The number of nitrogens with zero attached hydrogens (tertiary/aromatic N) is 2. The van der Waals surface area contributed by atoms with E-state index in [1.165, 1.54) is 29.4 Å². The molecule has 1 heterocycles. The van der Waals surface area contributed by atoms with E-state index in [1.54, 1.807) is 0 Å². The van der Waals surface area contributed by atoms with Gasteiger partial charge in [0, 0.05) is 19.3 Å². The number of hydrogen-bond acceptors (Lipinski definition) is 2. The van der Waals surface area contributed by atoms with E-state index in [1.807, 2.05) is 32.0 Å². The number of hydrogen-bond donors (Lipinski definition) is 0. The third-order valence-electron chi connectivity index (χ3n) is 2.96. The Balaban J connectivity index is 2.69. The average Bonchev–Trinajstić information content (AvgIpc) is 2.30. The van der Waals surface area contributed by atoms with Gasteiger partial charge in [-0.15, -0.1) is 0 Å². The molecular formula is C13H14N2O2. The van der Waals surface area contributed by atoms with Crippen molar-refractivity contribution in [2.45, 2.75) is 13.8 Å². The molecular weight excluding hydrogens is 216 g/mol. The van der Waals surface area contributed by atoms with E-state index in [0.29, 0.717) is 0 Å². The van der Waals surface area contributed by atoms with Crippen LogP contribution in [0.1, 0.15) is 11.1 Å². The highest BCUT2D eigenvalue weighted by Gasteiger charge is 2.04. The van der Waals surface area contributed by atoms with Crippen molar-refractivity contribution in [3.63, 3.8) is 0 Å². The molecule has 0 radical (unpaired) electrons. The minimum absolute atomic E-state index is 0.296. The van der Waals surface area contributed by atoms with Gasteiger partial charge in [-0.3, -0.25) is 13.9 Å². The molecule has 88 valence electrons. The summed E-state index contributed by atoms with van der Waals surface area (Å²) in [5.41, 5.74) is 2.43. The molecule has 17 heavy (non-hydrogen) atoms. The topological polar surface area (TPSA) is 44.0 Å². The summed E-state index contributed by atoms with van der Waals surface area (Å²) in [4.78, 5) is 23.2. The highest BCUT2D eigenvalue weighted by atomic mass is 16.2. The molecule has 4 heteroatoms. The molecule has 0 aliphatic carbocycles. The first-order valence-corrected chi connectivity index (χ1v) is 5.37. The van der Waals surface area contributed by atoms with Gasteiger partial charge >= 0.3 is 5.69 Å². The fourth-order valence-corrected chi connectivity index (χ4v) is 1.64. The summed E-state index contributed by atoms with van der Waals surface area (Å²) in [6, 6.07) is 7.15. The molecule has 0 atom stereocenters. The monoisotopic (exact) mass is 230 g/mol. The molecule has 0 saturated heterocycles. The number of rotatable bonds is 1. The van der Waals surface area contributed by atoms with E-state index < -0.39 is 0 Å². The molecule has 0 fully saturated rings. The number of aromatic nitrogens is 2. The Morgan fingerprint density at radius 3 is 2.35 bits per heavy atom. The molecule has 1 aromatic carbocycles. The molecule has 2 aromatic rings. The summed E-state index contributed by atoms with van der Waals surface area (Å²) < 4.78 is 2.56. The van der Waals surface area contributed by atoms with Crippen molar-refractivity contribution in [2.75, 3.05) is 0 Å². The van der Waals surface area contributed by atoms with E-state index in [4.69, 9.17) is 0 Å². The maximum atomic E-state index is 11.9. The third kappa shape index (κ3) is 1.93. The van der Waals surface area contributed by atoms with Gasteiger partial charge in [0.15, 0.2) is 0 Å². The molecule has 0 amide bonds. The highest BCUT2D eigenvalue weighted by Crippen LogP contribution is 2.11. The number of benzene rings is 1. The first-order chi connectivity index (χ1) is 8.00.